The Morgan fingerprint density at radius 2 is 2.00 bits per heavy atom. The third kappa shape index (κ3) is 1.32. The zero-order valence-corrected chi connectivity index (χ0v) is 8.96. The Morgan fingerprint density at radius 3 is 2.57 bits per heavy atom. The van der Waals surface area contributed by atoms with Crippen molar-refractivity contribution in [2.75, 3.05) is 7.11 Å². The van der Waals surface area contributed by atoms with E-state index in [-0.39, 0.29) is 17.6 Å². The van der Waals surface area contributed by atoms with Gasteiger partial charge in [0.2, 0.25) is 0 Å². The van der Waals surface area contributed by atoms with Crippen molar-refractivity contribution in [1.29, 1.82) is 0 Å². The third-order valence-corrected chi connectivity index (χ3v) is 4.03. The van der Waals surface area contributed by atoms with Crippen molar-refractivity contribution in [3.05, 3.63) is 12.2 Å². The minimum Gasteiger partial charge on any atom is -0.392 e. The molecule has 0 heterocycles. The van der Waals surface area contributed by atoms with Gasteiger partial charge in [-0.3, -0.25) is 0 Å². The summed E-state index contributed by atoms with van der Waals surface area (Å²) in [5.41, 5.74) is 1.09. The SMILES string of the molecule is C=C1CC(O)C2(CCCCC2)C1OC. The summed E-state index contributed by atoms with van der Waals surface area (Å²) in [4.78, 5) is 0. The molecule has 0 aromatic carbocycles. The lowest BCUT2D eigenvalue weighted by atomic mass is 9.70. The van der Waals surface area contributed by atoms with Crippen LogP contribution in [0.2, 0.25) is 0 Å². The zero-order valence-electron chi connectivity index (χ0n) is 8.96. The van der Waals surface area contributed by atoms with E-state index >= 15 is 0 Å². The molecule has 0 bridgehead atoms. The molecule has 2 rings (SSSR count). The van der Waals surface area contributed by atoms with Gasteiger partial charge in [0, 0.05) is 12.5 Å². The molecule has 2 atom stereocenters. The first-order valence-corrected chi connectivity index (χ1v) is 5.59. The van der Waals surface area contributed by atoms with Crippen molar-refractivity contribution in [2.24, 2.45) is 5.41 Å². The summed E-state index contributed by atoms with van der Waals surface area (Å²) in [6.45, 7) is 4.02. The number of aliphatic hydroxyl groups is 1. The van der Waals surface area contributed by atoms with Gasteiger partial charge in [0.1, 0.15) is 0 Å². The molecule has 0 aromatic rings. The van der Waals surface area contributed by atoms with Crippen LogP contribution in [0.15, 0.2) is 12.2 Å². The molecule has 2 nitrogen and oxygen atoms in total. The molecule has 80 valence electrons. The van der Waals surface area contributed by atoms with Gasteiger partial charge in [-0.1, -0.05) is 25.8 Å². The summed E-state index contributed by atoms with van der Waals surface area (Å²) >= 11 is 0. The Kier molecular flexibility index (Phi) is 2.67. The monoisotopic (exact) mass is 196 g/mol. The quantitative estimate of drug-likeness (QED) is 0.652. The number of rotatable bonds is 1. The van der Waals surface area contributed by atoms with Crippen LogP contribution < -0.4 is 0 Å². The molecule has 1 spiro atoms. The standard InChI is InChI=1S/C12H20O2/c1-9-8-10(13)12(11(9)14-2)6-4-3-5-7-12/h10-11,13H,1,3-8H2,2H3. The van der Waals surface area contributed by atoms with Gasteiger partial charge in [-0.25, -0.2) is 0 Å². The highest BCUT2D eigenvalue weighted by Gasteiger charge is 2.51. The van der Waals surface area contributed by atoms with E-state index in [1.165, 1.54) is 19.3 Å². The molecule has 2 unspecified atom stereocenters. The average Bonchev–Trinajstić information content (AvgIpc) is 2.40. The summed E-state index contributed by atoms with van der Waals surface area (Å²) in [5.74, 6) is 0. The number of methoxy groups -OCH3 is 1. The maximum atomic E-state index is 10.1. The molecule has 0 amide bonds. The zero-order chi connectivity index (χ0) is 10.2. The number of hydrogen-bond acceptors (Lipinski definition) is 2. The van der Waals surface area contributed by atoms with Crippen molar-refractivity contribution in [3.63, 3.8) is 0 Å². The second-order valence-corrected chi connectivity index (χ2v) is 4.79. The maximum Gasteiger partial charge on any atom is 0.0860 e. The second kappa shape index (κ2) is 3.67. The molecule has 0 aliphatic heterocycles. The average molecular weight is 196 g/mol. The normalized spacial score (nSPS) is 36.6. The van der Waals surface area contributed by atoms with Crippen LogP contribution in [0.25, 0.3) is 0 Å². The molecule has 0 saturated heterocycles. The van der Waals surface area contributed by atoms with Crippen LogP contribution in [-0.4, -0.2) is 24.4 Å². The van der Waals surface area contributed by atoms with Crippen LogP contribution in [0.3, 0.4) is 0 Å². The number of ether oxygens (including phenoxy) is 1. The molecular formula is C12H20O2. The van der Waals surface area contributed by atoms with Gasteiger partial charge in [-0.15, -0.1) is 0 Å². The van der Waals surface area contributed by atoms with Crippen molar-refractivity contribution in [3.8, 4) is 0 Å². The number of aliphatic hydroxyl groups excluding tert-OH is 1. The molecule has 2 heteroatoms. The van der Waals surface area contributed by atoms with Crippen molar-refractivity contribution < 1.29 is 9.84 Å². The van der Waals surface area contributed by atoms with Gasteiger partial charge in [-0.05, 0) is 24.8 Å². The molecule has 1 N–H and O–H groups in total. The Balaban J connectivity index is 2.24. The fourth-order valence-electron chi connectivity index (χ4n) is 3.35. The molecule has 2 aliphatic carbocycles. The van der Waals surface area contributed by atoms with E-state index in [1.807, 2.05) is 0 Å². The molecule has 0 aromatic heterocycles. The molecule has 2 saturated carbocycles. The van der Waals surface area contributed by atoms with Crippen molar-refractivity contribution in [1.82, 2.24) is 0 Å². The van der Waals surface area contributed by atoms with Crippen molar-refractivity contribution in [2.45, 2.75) is 50.7 Å². The molecular weight excluding hydrogens is 176 g/mol. The van der Waals surface area contributed by atoms with E-state index in [0.29, 0.717) is 0 Å². The molecule has 0 radical (unpaired) electrons. The highest BCUT2D eigenvalue weighted by atomic mass is 16.5. The molecule has 2 fully saturated rings. The summed E-state index contributed by atoms with van der Waals surface area (Å²) in [7, 11) is 1.74. The minimum absolute atomic E-state index is 0.00405. The van der Waals surface area contributed by atoms with E-state index in [4.69, 9.17) is 4.74 Å². The van der Waals surface area contributed by atoms with Gasteiger partial charge in [0.25, 0.3) is 0 Å². The summed E-state index contributed by atoms with van der Waals surface area (Å²) in [5, 5.41) is 10.1. The fourth-order valence-corrected chi connectivity index (χ4v) is 3.35. The first kappa shape index (κ1) is 10.2. The summed E-state index contributed by atoms with van der Waals surface area (Å²) in [6, 6.07) is 0. The first-order valence-electron chi connectivity index (χ1n) is 5.59. The predicted molar refractivity (Wildman–Crippen MR) is 56.1 cm³/mol. The van der Waals surface area contributed by atoms with Crippen LogP contribution in [0.1, 0.15) is 38.5 Å². The maximum absolute atomic E-state index is 10.1. The lowest BCUT2D eigenvalue weighted by Gasteiger charge is -2.40. The van der Waals surface area contributed by atoms with E-state index < -0.39 is 0 Å². The Hall–Kier alpha value is -0.340. The van der Waals surface area contributed by atoms with E-state index in [2.05, 4.69) is 6.58 Å². The molecule has 2 aliphatic rings. The topological polar surface area (TPSA) is 29.5 Å². The predicted octanol–water partition coefficient (Wildman–Crippen LogP) is 2.27. The van der Waals surface area contributed by atoms with Gasteiger partial charge in [0.05, 0.1) is 12.2 Å². The molecule has 14 heavy (non-hydrogen) atoms. The minimum atomic E-state index is -0.222. The highest BCUT2D eigenvalue weighted by molar-refractivity contribution is 5.21. The second-order valence-electron chi connectivity index (χ2n) is 4.79. The van der Waals surface area contributed by atoms with Crippen LogP contribution in [0.4, 0.5) is 0 Å². The van der Waals surface area contributed by atoms with Gasteiger partial charge < -0.3 is 9.84 Å². The van der Waals surface area contributed by atoms with Crippen LogP contribution >= 0.6 is 0 Å². The lowest BCUT2D eigenvalue weighted by molar-refractivity contribution is -0.0596. The van der Waals surface area contributed by atoms with E-state index in [1.54, 1.807) is 7.11 Å². The first-order chi connectivity index (χ1) is 6.70. The smallest absolute Gasteiger partial charge is 0.0860 e. The van der Waals surface area contributed by atoms with Crippen molar-refractivity contribution >= 4 is 0 Å². The van der Waals surface area contributed by atoms with E-state index in [9.17, 15) is 5.11 Å². The Labute approximate surface area is 86.0 Å². The van der Waals surface area contributed by atoms with Gasteiger partial charge in [0.15, 0.2) is 0 Å². The fraction of sp³-hybridized carbons (Fsp3) is 0.833. The van der Waals surface area contributed by atoms with Crippen LogP contribution in [-0.2, 0) is 4.74 Å². The summed E-state index contributed by atoms with van der Waals surface area (Å²) in [6.07, 6.45) is 6.57. The number of hydrogen-bond donors (Lipinski definition) is 1. The largest absolute Gasteiger partial charge is 0.392 e. The van der Waals surface area contributed by atoms with Gasteiger partial charge in [-0.2, -0.15) is 0 Å². The van der Waals surface area contributed by atoms with E-state index in [0.717, 1.165) is 24.8 Å². The Morgan fingerprint density at radius 1 is 1.36 bits per heavy atom. The summed E-state index contributed by atoms with van der Waals surface area (Å²) < 4.78 is 5.53. The van der Waals surface area contributed by atoms with Gasteiger partial charge >= 0.3 is 0 Å². The third-order valence-electron chi connectivity index (χ3n) is 4.03. The van der Waals surface area contributed by atoms with Crippen LogP contribution in [0.5, 0.6) is 0 Å². The van der Waals surface area contributed by atoms with Crippen LogP contribution in [0, 0.1) is 5.41 Å². The Bertz CT molecular complexity index is 228. The highest BCUT2D eigenvalue weighted by Crippen LogP contribution is 2.51. The lowest BCUT2D eigenvalue weighted by Crippen LogP contribution is -2.41.